The molecule has 2 aromatic heterocycles. The second-order valence-electron chi connectivity index (χ2n) is 5.06. The molecule has 0 bridgehead atoms. The number of hydrogen-bond donors (Lipinski definition) is 1. The van der Waals surface area contributed by atoms with Crippen LogP contribution in [0, 0.1) is 0 Å². The molecule has 0 aliphatic rings. The summed E-state index contributed by atoms with van der Waals surface area (Å²) in [7, 11) is 1.42. The molecule has 0 aliphatic heterocycles. The molecule has 0 saturated carbocycles. The highest BCUT2D eigenvalue weighted by atomic mass is 32.1. The van der Waals surface area contributed by atoms with Crippen molar-refractivity contribution in [2.24, 2.45) is 0 Å². The van der Waals surface area contributed by atoms with Gasteiger partial charge in [0, 0.05) is 15.6 Å². The summed E-state index contributed by atoms with van der Waals surface area (Å²) in [6.07, 6.45) is 0. The Balaban J connectivity index is 2.02. The Morgan fingerprint density at radius 3 is 2.68 bits per heavy atom. The number of hydrogen-bond acceptors (Lipinski definition) is 3. The molecule has 3 nitrogen and oxygen atoms in total. The number of carbonyl (C=O) groups is 1. The van der Waals surface area contributed by atoms with E-state index >= 15 is 0 Å². The third kappa shape index (κ3) is 1.92. The lowest BCUT2D eigenvalue weighted by atomic mass is 10.1. The van der Waals surface area contributed by atoms with Gasteiger partial charge in [-0.05, 0) is 23.6 Å². The highest BCUT2D eigenvalue weighted by Gasteiger charge is 2.21. The average Bonchev–Trinajstić information content (AvgIpc) is 3.15. The first-order valence-corrected chi connectivity index (χ1v) is 7.77. The first-order chi connectivity index (χ1) is 10.8. The van der Waals surface area contributed by atoms with E-state index in [1.165, 1.54) is 17.2 Å². The lowest BCUT2D eigenvalue weighted by Gasteiger charge is -2.00. The topological polar surface area (TPSA) is 42.1 Å². The van der Waals surface area contributed by atoms with Crippen molar-refractivity contribution in [2.45, 2.75) is 0 Å². The summed E-state index contributed by atoms with van der Waals surface area (Å²) >= 11 is 1.67. The van der Waals surface area contributed by atoms with Gasteiger partial charge in [-0.2, -0.15) is 0 Å². The first kappa shape index (κ1) is 13.1. The quantitative estimate of drug-likeness (QED) is 0.539. The van der Waals surface area contributed by atoms with Crippen molar-refractivity contribution in [1.29, 1.82) is 0 Å². The monoisotopic (exact) mass is 307 g/mol. The number of para-hydroxylation sites is 1. The summed E-state index contributed by atoms with van der Waals surface area (Å²) in [4.78, 5) is 16.7. The molecule has 0 unspecified atom stereocenters. The van der Waals surface area contributed by atoms with Crippen LogP contribution in [-0.2, 0) is 4.74 Å². The summed E-state index contributed by atoms with van der Waals surface area (Å²) in [5.74, 6) is -0.315. The summed E-state index contributed by atoms with van der Waals surface area (Å²) in [6.45, 7) is 0. The lowest BCUT2D eigenvalue weighted by Crippen LogP contribution is -2.01. The molecule has 0 atom stereocenters. The van der Waals surface area contributed by atoms with Crippen molar-refractivity contribution in [3.05, 3.63) is 60.2 Å². The minimum Gasteiger partial charge on any atom is -0.465 e. The van der Waals surface area contributed by atoms with E-state index in [4.69, 9.17) is 4.74 Å². The van der Waals surface area contributed by atoms with Crippen LogP contribution in [0.15, 0.2) is 54.6 Å². The predicted molar refractivity (Wildman–Crippen MR) is 90.5 cm³/mol. The van der Waals surface area contributed by atoms with Gasteiger partial charge in [-0.15, -0.1) is 11.3 Å². The summed E-state index contributed by atoms with van der Waals surface area (Å²) in [6, 6.07) is 18.1. The van der Waals surface area contributed by atoms with Gasteiger partial charge in [0.1, 0.15) is 0 Å². The van der Waals surface area contributed by atoms with Gasteiger partial charge in [0.05, 0.1) is 23.2 Å². The summed E-state index contributed by atoms with van der Waals surface area (Å²) in [5, 5.41) is 2.07. The van der Waals surface area contributed by atoms with Crippen LogP contribution in [0.4, 0.5) is 0 Å². The molecule has 1 N–H and O–H groups in total. The van der Waals surface area contributed by atoms with Crippen LogP contribution < -0.4 is 0 Å². The van der Waals surface area contributed by atoms with Crippen LogP contribution in [-0.4, -0.2) is 18.1 Å². The largest absolute Gasteiger partial charge is 0.465 e. The highest BCUT2D eigenvalue weighted by Crippen LogP contribution is 2.37. The van der Waals surface area contributed by atoms with Crippen molar-refractivity contribution in [3.8, 4) is 10.6 Å². The molecule has 22 heavy (non-hydrogen) atoms. The number of methoxy groups -OCH3 is 1. The molecule has 0 amide bonds. The molecule has 0 aliphatic carbocycles. The van der Waals surface area contributed by atoms with Gasteiger partial charge in [-0.25, -0.2) is 4.79 Å². The van der Waals surface area contributed by atoms with Gasteiger partial charge in [-0.1, -0.05) is 36.4 Å². The number of rotatable bonds is 2. The van der Waals surface area contributed by atoms with Crippen molar-refractivity contribution < 1.29 is 9.53 Å². The van der Waals surface area contributed by atoms with E-state index in [9.17, 15) is 4.79 Å². The standard InChI is InChI=1S/C18H13NO2S/c1-21-18(20)16-12-7-3-4-8-13(12)19-17(16)15-10-11-6-2-5-9-14(11)22-15/h2-10,19H,1H3. The number of ether oxygens (including phenoxy) is 1. The molecule has 2 heterocycles. The fraction of sp³-hybridized carbons (Fsp3) is 0.0556. The number of aromatic nitrogens is 1. The van der Waals surface area contributed by atoms with E-state index in [2.05, 4.69) is 23.2 Å². The Bertz CT molecular complexity index is 964. The number of thiophene rings is 1. The van der Waals surface area contributed by atoms with Crippen molar-refractivity contribution in [1.82, 2.24) is 4.98 Å². The number of aromatic amines is 1. The zero-order valence-electron chi connectivity index (χ0n) is 11.9. The Morgan fingerprint density at radius 2 is 1.86 bits per heavy atom. The lowest BCUT2D eigenvalue weighted by molar-refractivity contribution is 0.0604. The second kappa shape index (κ2) is 5.00. The molecule has 0 spiro atoms. The number of fused-ring (bicyclic) bond motifs is 2. The van der Waals surface area contributed by atoms with Crippen molar-refractivity contribution in [2.75, 3.05) is 7.11 Å². The fourth-order valence-electron chi connectivity index (χ4n) is 2.75. The summed E-state index contributed by atoms with van der Waals surface area (Å²) < 4.78 is 6.19. The third-order valence-corrected chi connectivity index (χ3v) is 4.90. The smallest absolute Gasteiger partial charge is 0.340 e. The van der Waals surface area contributed by atoms with Crippen molar-refractivity contribution >= 4 is 38.3 Å². The number of carbonyl (C=O) groups excluding carboxylic acids is 1. The average molecular weight is 307 g/mol. The van der Waals surface area contributed by atoms with Gasteiger partial charge in [-0.3, -0.25) is 0 Å². The van der Waals surface area contributed by atoms with Crippen LogP contribution >= 0.6 is 11.3 Å². The van der Waals surface area contributed by atoms with Crippen molar-refractivity contribution in [3.63, 3.8) is 0 Å². The molecular formula is C18H13NO2S. The van der Waals surface area contributed by atoms with Gasteiger partial charge in [0.2, 0.25) is 0 Å². The van der Waals surface area contributed by atoms with Crippen LogP contribution in [0.1, 0.15) is 10.4 Å². The van der Waals surface area contributed by atoms with Gasteiger partial charge >= 0.3 is 5.97 Å². The van der Waals surface area contributed by atoms with E-state index in [0.717, 1.165) is 21.5 Å². The first-order valence-electron chi connectivity index (χ1n) is 6.96. The molecule has 0 saturated heterocycles. The van der Waals surface area contributed by atoms with Gasteiger partial charge in [0.15, 0.2) is 0 Å². The molecule has 4 aromatic rings. The number of esters is 1. The second-order valence-corrected chi connectivity index (χ2v) is 6.14. The minimum atomic E-state index is -0.315. The van der Waals surface area contributed by atoms with Gasteiger partial charge in [0.25, 0.3) is 0 Å². The Kier molecular flexibility index (Phi) is 2.98. The van der Waals surface area contributed by atoms with E-state index in [0.29, 0.717) is 5.56 Å². The zero-order chi connectivity index (χ0) is 15.1. The van der Waals surface area contributed by atoms with E-state index < -0.39 is 0 Å². The molecule has 108 valence electrons. The number of nitrogens with one attached hydrogen (secondary N) is 1. The molecule has 4 heteroatoms. The van der Waals surface area contributed by atoms with Crippen LogP contribution in [0.3, 0.4) is 0 Å². The minimum absolute atomic E-state index is 0.315. The van der Waals surface area contributed by atoms with E-state index in [-0.39, 0.29) is 5.97 Å². The predicted octanol–water partition coefficient (Wildman–Crippen LogP) is 4.84. The zero-order valence-corrected chi connectivity index (χ0v) is 12.7. The van der Waals surface area contributed by atoms with E-state index in [1.807, 2.05) is 36.4 Å². The van der Waals surface area contributed by atoms with Crippen LogP contribution in [0.25, 0.3) is 31.6 Å². The van der Waals surface area contributed by atoms with Gasteiger partial charge < -0.3 is 9.72 Å². The maximum atomic E-state index is 12.3. The molecular weight excluding hydrogens is 294 g/mol. The van der Waals surface area contributed by atoms with Crippen LogP contribution in [0.2, 0.25) is 0 Å². The number of benzene rings is 2. The Hall–Kier alpha value is -2.59. The summed E-state index contributed by atoms with van der Waals surface area (Å²) in [5.41, 5.74) is 2.37. The van der Waals surface area contributed by atoms with E-state index in [1.54, 1.807) is 11.3 Å². The molecule has 0 fully saturated rings. The third-order valence-electron chi connectivity index (χ3n) is 3.77. The SMILES string of the molecule is COC(=O)c1c(-c2cc3ccccc3s2)[nH]c2ccccc12. The maximum absolute atomic E-state index is 12.3. The Labute approximate surface area is 131 Å². The highest BCUT2D eigenvalue weighted by molar-refractivity contribution is 7.22. The molecule has 0 radical (unpaired) electrons. The fourth-order valence-corrected chi connectivity index (χ4v) is 3.82. The molecule has 4 rings (SSSR count). The number of H-pyrrole nitrogens is 1. The van der Waals surface area contributed by atoms with Crippen LogP contribution in [0.5, 0.6) is 0 Å². The Morgan fingerprint density at radius 1 is 1.09 bits per heavy atom. The molecule has 2 aromatic carbocycles. The maximum Gasteiger partial charge on any atom is 0.340 e. The normalized spacial score (nSPS) is 11.1.